The number of aliphatic hydroxyl groups is 1. The van der Waals surface area contributed by atoms with Gasteiger partial charge in [0.1, 0.15) is 18.0 Å². The first kappa shape index (κ1) is 13.7. The molecule has 1 unspecified atom stereocenters. The van der Waals surface area contributed by atoms with Gasteiger partial charge >= 0.3 is 0 Å². The molecule has 5 heteroatoms. The van der Waals surface area contributed by atoms with Crippen LogP contribution in [0.3, 0.4) is 0 Å². The zero-order valence-electron chi connectivity index (χ0n) is 11.0. The maximum atomic E-state index is 9.93. The van der Waals surface area contributed by atoms with E-state index in [4.69, 9.17) is 0 Å². The summed E-state index contributed by atoms with van der Waals surface area (Å²) in [6.07, 6.45) is 2.22. The summed E-state index contributed by atoms with van der Waals surface area (Å²) in [6, 6.07) is 0. The van der Waals surface area contributed by atoms with Crippen LogP contribution >= 0.6 is 0 Å². The van der Waals surface area contributed by atoms with Crippen molar-refractivity contribution in [2.75, 3.05) is 23.7 Å². The highest BCUT2D eigenvalue weighted by Gasteiger charge is 2.18. The Balaban J connectivity index is 2.75. The lowest BCUT2D eigenvalue weighted by atomic mass is 10.0. The molecule has 5 nitrogen and oxygen atoms in total. The molecule has 1 aromatic heterocycles. The molecule has 0 saturated heterocycles. The number of anilines is 2. The molecular weight excluding hydrogens is 216 g/mol. The minimum Gasteiger partial charge on any atom is -0.388 e. The first-order valence-electron chi connectivity index (χ1n) is 6.02. The molecule has 96 valence electrons. The summed E-state index contributed by atoms with van der Waals surface area (Å²) in [5, 5.41) is 16.3. The molecule has 0 aromatic carbocycles. The predicted molar refractivity (Wildman–Crippen MR) is 70.3 cm³/mol. The van der Waals surface area contributed by atoms with Gasteiger partial charge in [-0.3, -0.25) is 0 Å². The minimum absolute atomic E-state index is 0.479. The molecule has 1 aromatic rings. The first-order valence-corrected chi connectivity index (χ1v) is 6.02. The summed E-state index contributed by atoms with van der Waals surface area (Å²) in [6.45, 7) is 9.05. The van der Waals surface area contributed by atoms with E-state index < -0.39 is 5.60 Å². The van der Waals surface area contributed by atoms with Crippen molar-refractivity contribution in [1.29, 1.82) is 0 Å². The highest BCUT2D eigenvalue weighted by atomic mass is 16.3. The Labute approximate surface area is 103 Å². The zero-order valence-corrected chi connectivity index (χ0v) is 11.0. The third-order valence-electron chi connectivity index (χ3n) is 2.83. The fraction of sp³-hybridized carbons (Fsp3) is 0.667. The first-order chi connectivity index (χ1) is 8.00. The van der Waals surface area contributed by atoms with Crippen LogP contribution in [0.25, 0.3) is 0 Å². The number of hydrogen-bond donors (Lipinski definition) is 3. The van der Waals surface area contributed by atoms with Gasteiger partial charge in [0.05, 0.1) is 5.60 Å². The Kier molecular flexibility index (Phi) is 4.69. The molecule has 0 aliphatic heterocycles. The van der Waals surface area contributed by atoms with Gasteiger partial charge in [-0.2, -0.15) is 0 Å². The van der Waals surface area contributed by atoms with Crippen molar-refractivity contribution >= 4 is 11.6 Å². The van der Waals surface area contributed by atoms with Crippen LogP contribution in [-0.4, -0.2) is 33.8 Å². The second-order valence-electron chi connectivity index (χ2n) is 4.43. The Morgan fingerprint density at radius 2 is 1.82 bits per heavy atom. The van der Waals surface area contributed by atoms with E-state index in [2.05, 4.69) is 20.6 Å². The molecule has 0 fully saturated rings. The molecule has 1 heterocycles. The second kappa shape index (κ2) is 5.82. The summed E-state index contributed by atoms with van der Waals surface area (Å²) in [4.78, 5) is 8.35. The Hall–Kier alpha value is -1.36. The zero-order chi connectivity index (χ0) is 12.9. The number of nitrogens with zero attached hydrogens (tertiary/aromatic N) is 2. The SMILES string of the molecule is CCNc1ncnc(NCC(C)(O)CC)c1C. The minimum atomic E-state index is -0.713. The highest BCUT2D eigenvalue weighted by molar-refractivity contribution is 5.56. The largest absolute Gasteiger partial charge is 0.388 e. The van der Waals surface area contributed by atoms with Gasteiger partial charge in [0, 0.05) is 18.7 Å². The second-order valence-corrected chi connectivity index (χ2v) is 4.43. The fourth-order valence-corrected chi connectivity index (χ4v) is 1.37. The average molecular weight is 238 g/mol. The summed E-state index contributed by atoms with van der Waals surface area (Å²) < 4.78 is 0. The summed E-state index contributed by atoms with van der Waals surface area (Å²) >= 11 is 0. The molecule has 0 amide bonds. The van der Waals surface area contributed by atoms with Gasteiger partial charge in [-0.15, -0.1) is 0 Å². The summed E-state index contributed by atoms with van der Waals surface area (Å²) in [5.74, 6) is 1.60. The van der Waals surface area contributed by atoms with Crippen LogP contribution in [0.15, 0.2) is 6.33 Å². The average Bonchev–Trinajstić information content (AvgIpc) is 2.31. The van der Waals surface area contributed by atoms with Crippen molar-refractivity contribution in [3.05, 3.63) is 11.9 Å². The number of rotatable bonds is 6. The van der Waals surface area contributed by atoms with Crippen molar-refractivity contribution in [3.8, 4) is 0 Å². The van der Waals surface area contributed by atoms with Crippen LogP contribution in [0, 0.1) is 6.92 Å². The topological polar surface area (TPSA) is 70.1 Å². The normalized spacial score (nSPS) is 14.2. The van der Waals surface area contributed by atoms with Crippen LogP contribution < -0.4 is 10.6 Å². The van der Waals surface area contributed by atoms with Crippen LogP contribution in [0.1, 0.15) is 32.8 Å². The molecule has 0 bridgehead atoms. The van der Waals surface area contributed by atoms with Crippen LogP contribution in [0.2, 0.25) is 0 Å². The fourth-order valence-electron chi connectivity index (χ4n) is 1.37. The number of aromatic nitrogens is 2. The standard InChI is InChI=1S/C12H22N4O/c1-5-12(4,17)7-14-11-9(3)10(13-6-2)15-8-16-11/h8,17H,5-7H2,1-4H3,(H2,13,14,15,16). The lowest BCUT2D eigenvalue weighted by Crippen LogP contribution is -2.32. The van der Waals surface area contributed by atoms with E-state index >= 15 is 0 Å². The maximum Gasteiger partial charge on any atom is 0.134 e. The Morgan fingerprint density at radius 1 is 1.24 bits per heavy atom. The van der Waals surface area contributed by atoms with Crippen LogP contribution in [-0.2, 0) is 0 Å². The highest BCUT2D eigenvalue weighted by Crippen LogP contribution is 2.19. The number of nitrogens with one attached hydrogen (secondary N) is 2. The Morgan fingerprint density at radius 3 is 2.35 bits per heavy atom. The number of hydrogen-bond acceptors (Lipinski definition) is 5. The third kappa shape index (κ3) is 3.85. The molecule has 0 aliphatic carbocycles. The molecule has 0 radical (unpaired) electrons. The van der Waals surface area contributed by atoms with E-state index in [9.17, 15) is 5.11 Å². The molecule has 0 aliphatic rings. The molecule has 1 atom stereocenters. The van der Waals surface area contributed by atoms with E-state index in [0.717, 1.165) is 23.7 Å². The summed E-state index contributed by atoms with van der Waals surface area (Å²) in [5.41, 5.74) is 0.261. The van der Waals surface area contributed by atoms with E-state index in [-0.39, 0.29) is 0 Å². The van der Waals surface area contributed by atoms with Crippen molar-refractivity contribution in [2.45, 2.75) is 39.7 Å². The molecule has 1 rings (SSSR count). The van der Waals surface area contributed by atoms with E-state index in [1.54, 1.807) is 0 Å². The molecule has 0 saturated carbocycles. The maximum absolute atomic E-state index is 9.93. The smallest absolute Gasteiger partial charge is 0.134 e. The van der Waals surface area contributed by atoms with E-state index in [1.807, 2.05) is 27.7 Å². The molecule has 17 heavy (non-hydrogen) atoms. The molecular formula is C12H22N4O. The van der Waals surface area contributed by atoms with Crippen LogP contribution in [0.4, 0.5) is 11.6 Å². The van der Waals surface area contributed by atoms with Gasteiger partial charge in [0.2, 0.25) is 0 Å². The van der Waals surface area contributed by atoms with Gasteiger partial charge in [-0.05, 0) is 27.2 Å². The van der Waals surface area contributed by atoms with Gasteiger partial charge in [-0.25, -0.2) is 9.97 Å². The van der Waals surface area contributed by atoms with Gasteiger partial charge < -0.3 is 15.7 Å². The van der Waals surface area contributed by atoms with Gasteiger partial charge in [0.15, 0.2) is 0 Å². The lowest BCUT2D eigenvalue weighted by Gasteiger charge is -2.22. The van der Waals surface area contributed by atoms with Crippen molar-refractivity contribution in [2.24, 2.45) is 0 Å². The summed E-state index contributed by atoms with van der Waals surface area (Å²) in [7, 11) is 0. The van der Waals surface area contributed by atoms with Crippen molar-refractivity contribution in [1.82, 2.24) is 9.97 Å². The monoisotopic (exact) mass is 238 g/mol. The Bertz CT molecular complexity index is 366. The van der Waals surface area contributed by atoms with Crippen molar-refractivity contribution in [3.63, 3.8) is 0 Å². The molecule has 0 spiro atoms. The van der Waals surface area contributed by atoms with Gasteiger partial charge in [0.25, 0.3) is 0 Å². The quantitative estimate of drug-likeness (QED) is 0.705. The van der Waals surface area contributed by atoms with E-state index in [1.165, 1.54) is 6.33 Å². The third-order valence-corrected chi connectivity index (χ3v) is 2.83. The van der Waals surface area contributed by atoms with Crippen LogP contribution in [0.5, 0.6) is 0 Å². The van der Waals surface area contributed by atoms with E-state index in [0.29, 0.717) is 13.0 Å². The lowest BCUT2D eigenvalue weighted by molar-refractivity contribution is 0.0696. The predicted octanol–water partition coefficient (Wildman–Crippen LogP) is 1.79. The van der Waals surface area contributed by atoms with Crippen molar-refractivity contribution < 1.29 is 5.11 Å². The van der Waals surface area contributed by atoms with Gasteiger partial charge in [-0.1, -0.05) is 6.92 Å². The molecule has 3 N–H and O–H groups in total.